The molecule has 0 aromatic rings. The summed E-state index contributed by atoms with van der Waals surface area (Å²) in [5.74, 6) is 0. The van der Waals surface area contributed by atoms with Gasteiger partial charge in [-0.05, 0) is 39.7 Å². The Balaban J connectivity index is 4.58. The molecule has 0 radical (unpaired) electrons. The number of nitrogens with two attached hydrogens (primary N) is 1. The Morgan fingerprint density at radius 3 is 1.94 bits per heavy atom. The molecule has 2 nitrogen and oxygen atoms in total. The van der Waals surface area contributed by atoms with Gasteiger partial charge in [-0.15, -0.1) is 0 Å². The van der Waals surface area contributed by atoms with Crippen molar-refractivity contribution in [2.24, 2.45) is 5.73 Å². The van der Waals surface area contributed by atoms with E-state index in [9.17, 15) is 0 Å². The van der Waals surface area contributed by atoms with Crippen LogP contribution in [0.4, 0.5) is 0 Å². The van der Waals surface area contributed by atoms with Crippen LogP contribution in [0.2, 0.25) is 0 Å². The van der Waals surface area contributed by atoms with E-state index in [4.69, 9.17) is 5.73 Å². The van der Waals surface area contributed by atoms with Crippen LogP contribution < -0.4 is 5.73 Å². The Morgan fingerprint density at radius 1 is 1.06 bits per heavy atom. The van der Waals surface area contributed by atoms with Crippen LogP contribution in [-0.2, 0) is 0 Å². The molecule has 0 amide bonds. The lowest BCUT2D eigenvalue weighted by atomic mass is 9.89. The summed E-state index contributed by atoms with van der Waals surface area (Å²) in [6.45, 7) is 13.4. The first kappa shape index (κ1) is 15.9. The molecule has 0 saturated heterocycles. The third-order valence-corrected chi connectivity index (χ3v) is 3.93. The molecule has 0 saturated carbocycles. The van der Waals surface area contributed by atoms with Gasteiger partial charge in [-0.25, -0.2) is 0 Å². The molecule has 0 spiro atoms. The van der Waals surface area contributed by atoms with Crippen LogP contribution in [0.25, 0.3) is 0 Å². The van der Waals surface area contributed by atoms with E-state index in [2.05, 4.69) is 39.5 Å². The summed E-state index contributed by atoms with van der Waals surface area (Å²) < 4.78 is 0. The summed E-state index contributed by atoms with van der Waals surface area (Å²) in [6, 6.07) is 0.598. The van der Waals surface area contributed by atoms with Crippen LogP contribution in [0.3, 0.4) is 0 Å². The van der Waals surface area contributed by atoms with E-state index in [0.29, 0.717) is 6.04 Å². The summed E-state index contributed by atoms with van der Waals surface area (Å²) in [5.41, 5.74) is 6.25. The third-order valence-electron chi connectivity index (χ3n) is 3.93. The Kier molecular flexibility index (Phi) is 8.04. The predicted molar refractivity (Wildman–Crippen MR) is 73.7 cm³/mol. The third kappa shape index (κ3) is 4.06. The molecular formula is C14H32N2. The molecule has 0 heterocycles. The fourth-order valence-corrected chi connectivity index (χ4v) is 2.64. The zero-order valence-corrected chi connectivity index (χ0v) is 12.1. The van der Waals surface area contributed by atoms with Gasteiger partial charge in [-0.1, -0.05) is 33.6 Å². The van der Waals surface area contributed by atoms with E-state index in [1.165, 1.54) is 25.8 Å². The van der Waals surface area contributed by atoms with Crippen LogP contribution in [0.15, 0.2) is 0 Å². The van der Waals surface area contributed by atoms with Crippen molar-refractivity contribution in [1.29, 1.82) is 0 Å². The lowest BCUT2D eigenvalue weighted by Gasteiger charge is -2.45. The minimum Gasteiger partial charge on any atom is -0.329 e. The standard InChI is InChI=1S/C14H32N2/c1-6-9-10-11-16(13(4)5)14(7-2,8-3)12-15/h13H,6-12,15H2,1-5H3. The Morgan fingerprint density at radius 2 is 1.62 bits per heavy atom. The molecule has 0 bridgehead atoms. The first-order chi connectivity index (χ1) is 7.57. The summed E-state index contributed by atoms with van der Waals surface area (Å²) in [6.07, 6.45) is 6.24. The maximum Gasteiger partial charge on any atom is 0.0329 e. The molecule has 16 heavy (non-hydrogen) atoms. The number of hydrogen-bond donors (Lipinski definition) is 1. The second kappa shape index (κ2) is 8.08. The lowest BCUT2D eigenvalue weighted by Crippen LogP contribution is -2.56. The molecule has 0 aromatic carbocycles. The van der Waals surface area contributed by atoms with Gasteiger partial charge in [0.2, 0.25) is 0 Å². The summed E-state index contributed by atoms with van der Waals surface area (Å²) >= 11 is 0. The molecule has 0 aliphatic carbocycles. The van der Waals surface area contributed by atoms with E-state index in [-0.39, 0.29) is 5.54 Å². The number of hydrogen-bond acceptors (Lipinski definition) is 2. The Bertz CT molecular complexity index is 154. The minimum atomic E-state index is 0.224. The molecule has 0 unspecified atom stereocenters. The van der Waals surface area contributed by atoms with Crippen LogP contribution in [-0.4, -0.2) is 29.6 Å². The molecule has 0 atom stereocenters. The van der Waals surface area contributed by atoms with Gasteiger partial charge in [0.25, 0.3) is 0 Å². The first-order valence-electron chi connectivity index (χ1n) is 7.04. The largest absolute Gasteiger partial charge is 0.329 e. The Hall–Kier alpha value is -0.0800. The summed E-state index contributed by atoms with van der Waals surface area (Å²) in [7, 11) is 0. The highest BCUT2D eigenvalue weighted by atomic mass is 15.2. The second-order valence-electron chi connectivity index (χ2n) is 5.13. The smallest absolute Gasteiger partial charge is 0.0329 e. The average molecular weight is 228 g/mol. The molecule has 0 aliphatic heterocycles. The topological polar surface area (TPSA) is 29.3 Å². The van der Waals surface area contributed by atoms with Crippen LogP contribution >= 0.6 is 0 Å². The second-order valence-corrected chi connectivity index (χ2v) is 5.13. The number of unbranched alkanes of at least 4 members (excludes halogenated alkanes) is 2. The van der Waals surface area contributed by atoms with Crippen molar-refractivity contribution in [1.82, 2.24) is 4.90 Å². The minimum absolute atomic E-state index is 0.224. The highest BCUT2D eigenvalue weighted by molar-refractivity contribution is 4.91. The van der Waals surface area contributed by atoms with Gasteiger partial charge in [0.1, 0.15) is 0 Å². The molecule has 0 aromatic heterocycles. The van der Waals surface area contributed by atoms with Gasteiger partial charge in [0.05, 0.1) is 0 Å². The predicted octanol–water partition coefficient (Wildman–Crippen LogP) is 3.40. The van der Waals surface area contributed by atoms with Crippen molar-refractivity contribution < 1.29 is 0 Å². The van der Waals surface area contributed by atoms with Crippen molar-refractivity contribution in [3.05, 3.63) is 0 Å². The van der Waals surface area contributed by atoms with Crippen molar-refractivity contribution in [3.8, 4) is 0 Å². The van der Waals surface area contributed by atoms with Crippen molar-refractivity contribution in [3.63, 3.8) is 0 Å². The van der Waals surface area contributed by atoms with Gasteiger partial charge in [-0.3, -0.25) is 4.90 Å². The van der Waals surface area contributed by atoms with Gasteiger partial charge in [0, 0.05) is 18.1 Å². The van der Waals surface area contributed by atoms with E-state index in [1.54, 1.807) is 0 Å². The monoisotopic (exact) mass is 228 g/mol. The maximum absolute atomic E-state index is 6.03. The maximum atomic E-state index is 6.03. The van der Waals surface area contributed by atoms with Crippen molar-refractivity contribution >= 4 is 0 Å². The molecular weight excluding hydrogens is 196 g/mol. The quantitative estimate of drug-likeness (QED) is 0.613. The summed E-state index contributed by atoms with van der Waals surface area (Å²) in [4.78, 5) is 2.63. The number of nitrogens with zero attached hydrogens (tertiary/aromatic N) is 1. The molecule has 2 heteroatoms. The molecule has 0 rings (SSSR count). The molecule has 0 fully saturated rings. The highest BCUT2D eigenvalue weighted by Crippen LogP contribution is 2.25. The van der Waals surface area contributed by atoms with Gasteiger partial charge in [-0.2, -0.15) is 0 Å². The molecule has 98 valence electrons. The van der Waals surface area contributed by atoms with Gasteiger partial charge >= 0.3 is 0 Å². The van der Waals surface area contributed by atoms with Crippen LogP contribution in [0.5, 0.6) is 0 Å². The van der Waals surface area contributed by atoms with E-state index in [1.807, 2.05) is 0 Å². The van der Waals surface area contributed by atoms with E-state index < -0.39 is 0 Å². The van der Waals surface area contributed by atoms with E-state index in [0.717, 1.165) is 19.4 Å². The van der Waals surface area contributed by atoms with Crippen molar-refractivity contribution in [2.75, 3.05) is 13.1 Å². The number of rotatable bonds is 9. The highest BCUT2D eigenvalue weighted by Gasteiger charge is 2.32. The molecule has 0 aliphatic rings. The SMILES string of the molecule is CCCCCN(C(C)C)C(CC)(CC)CN. The van der Waals surface area contributed by atoms with E-state index >= 15 is 0 Å². The fraction of sp³-hybridized carbons (Fsp3) is 1.00. The average Bonchev–Trinajstić information content (AvgIpc) is 2.29. The van der Waals surface area contributed by atoms with Crippen molar-refractivity contribution in [2.45, 2.75) is 78.3 Å². The summed E-state index contributed by atoms with van der Waals surface area (Å²) in [5, 5.41) is 0. The van der Waals surface area contributed by atoms with Crippen LogP contribution in [0.1, 0.15) is 66.7 Å². The van der Waals surface area contributed by atoms with Crippen LogP contribution in [0, 0.1) is 0 Å². The zero-order valence-electron chi connectivity index (χ0n) is 12.1. The molecule has 2 N–H and O–H groups in total. The van der Waals surface area contributed by atoms with Gasteiger partial charge in [0.15, 0.2) is 0 Å². The Labute approximate surface area is 103 Å². The fourth-order valence-electron chi connectivity index (χ4n) is 2.64. The zero-order chi connectivity index (χ0) is 12.6. The van der Waals surface area contributed by atoms with Gasteiger partial charge < -0.3 is 5.73 Å². The first-order valence-corrected chi connectivity index (χ1v) is 7.04. The normalized spacial score (nSPS) is 12.8. The lowest BCUT2D eigenvalue weighted by molar-refractivity contribution is 0.0520.